The number of morpholine rings is 1. The zero-order valence-electron chi connectivity index (χ0n) is 12.1. The zero-order chi connectivity index (χ0) is 14.4. The molecule has 6 heteroatoms. The molecule has 2 atom stereocenters. The van der Waals surface area contributed by atoms with Gasteiger partial charge in [0.1, 0.15) is 6.33 Å². The van der Waals surface area contributed by atoms with Crippen molar-refractivity contribution < 1.29 is 4.74 Å². The van der Waals surface area contributed by atoms with Gasteiger partial charge in [-0.15, -0.1) is 15.3 Å². The highest BCUT2D eigenvalue weighted by Gasteiger charge is 2.25. The Hall–Kier alpha value is -2.21. The number of hydrogen-bond donors (Lipinski definition) is 0. The lowest BCUT2D eigenvalue weighted by Crippen LogP contribution is -2.46. The highest BCUT2D eigenvalue weighted by atomic mass is 16.5. The standard InChI is InChI=1S/C15H17N5O/c1-10-7-19(8-11(2)21-10)15-13-6-4-3-5-12(13)14-17-16-9-20(14)18-15/h3-6,9-11H,7-8H2,1-2H3/t10-,11+. The number of fused-ring (bicyclic) bond motifs is 3. The van der Waals surface area contributed by atoms with E-state index in [2.05, 4.69) is 41.1 Å². The molecule has 21 heavy (non-hydrogen) atoms. The van der Waals surface area contributed by atoms with Crippen LogP contribution in [0.25, 0.3) is 16.4 Å². The molecular weight excluding hydrogens is 266 g/mol. The number of rotatable bonds is 1. The van der Waals surface area contributed by atoms with Crippen molar-refractivity contribution in [3.63, 3.8) is 0 Å². The van der Waals surface area contributed by atoms with Crippen LogP contribution in [0.15, 0.2) is 30.6 Å². The van der Waals surface area contributed by atoms with Crippen LogP contribution in [0.2, 0.25) is 0 Å². The van der Waals surface area contributed by atoms with E-state index < -0.39 is 0 Å². The molecule has 0 saturated carbocycles. The fourth-order valence-corrected chi connectivity index (χ4v) is 3.09. The summed E-state index contributed by atoms with van der Waals surface area (Å²) in [6.07, 6.45) is 2.05. The lowest BCUT2D eigenvalue weighted by molar-refractivity contribution is -0.00542. The van der Waals surface area contributed by atoms with E-state index in [-0.39, 0.29) is 12.2 Å². The largest absolute Gasteiger partial charge is 0.372 e. The van der Waals surface area contributed by atoms with Crippen molar-refractivity contribution in [2.75, 3.05) is 18.0 Å². The lowest BCUT2D eigenvalue weighted by atomic mass is 10.1. The second-order valence-electron chi connectivity index (χ2n) is 5.63. The summed E-state index contributed by atoms with van der Waals surface area (Å²) >= 11 is 0. The Balaban J connectivity index is 1.93. The first kappa shape index (κ1) is 12.5. The number of aromatic nitrogens is 4. The highest BCUT2D eigenvalue weighted by molar-refractivity contribution is 6.00. The van der Waals surface area contributed by atoms with Crippen LogP contribution in [0.4, 0.5) is 5.82 Å². The van der Waals surface area contributed by atoms with E-state index in [0.717, 1.165) is 35.3 Å². The molecule has 1 aromatic carbocycles. The maximum absolute atomic E-state index is 5.82. The topological polar surface area (TPSA) is 55.6 Å². The van der Waals surface area contributed by atoms with Gasteiger partial charge >= 0.3 is 0 Å². The van der Waals surface area contributed by atoms with E-state index in [0.29, 0.717) is 0 Å². The van der Waals surface area contributed by atoms with Crippen LogP contribution in [0.1, 0.15) is 13.8 Å². The molecule has 2 aromatic heterocycles. The number of anilines is 1. The van der Waals surface area contributed by atoms with Crippen LogP contribution >= 0.6 is 0 Å². The van der Waals surface area contributed by atoms with Crippen molar-refractivity contribution in [1.29, 1.82) is 0 Å². The maximum atomic E-state index is 5.82. The third-order valence-electron chi connectivity index (χ3n) is 3.86. The Morgan fingerprint density at radius 3 is 2.57 bits per heavy atom. The molecule has 0 unspecified atom stereocenters. The molecule has 3 heterocycles. The first-order chi connectivity index (χ1) is 10.2. The maximum Gasteiger partial charge on any atom is 0.185 e. The van der Waals surface area contributed by atoms with Gasteiger partial charge in [-0.2, -0.15) is 4.52 Å². The van der Waals surface area contributed by atoms with Gasteiger partial charge < -0.3 is 9.64 Å². The Morgan fingerprint density at radius 2 is 1.81 bits per heavy atom. The minimum Gasteiger partial charge on any atom is -0.372 e. The summed E-state index contributed by atoms with van der Waals surface area (Å²) in [6, 6.07) is 8.22. The Labute approximate surface area is 122 Å². The molecule has 1 saturated heterocycles. The van der Waals surface area contributed by atoms with Gasteiger partial charge in [-0.05, 0) is 13.8 Å². The summed E-state index contributed by atoms with van der Waals surface area (Å²) in [7, 11) is 0. The average Bonchev–Trinajstić information content (AvgIpc) is 2.94. The monoisotopic (exact) mass is 283 g/mol. The smallest absolute Gasteiger partial charge is 0.185 e. The van der Waals surface area contributed by atoms with E-state index in [1.165, 1.54) is 0 Å². The van der Waals surface area contributed by atoms with Crippen LogP contribution in [0.3, 0.4) is 0 Å². The van der Waals surface area contributed by atoms with Gasteiger partial charge in [0.05, 0.1) is 12.2 Å². The first-order valence-corrected chi connectivity index (χ1v) is 7.21. The van der Waals surface area contributed by atoms with E-state index in [9.17, 15) is 0 Å². The van der Waals surface area contributed by atoms with Crippen molar-refractivity contribution in [1.82, 2.24) is 19.8 Å². The number of ether oxygens (including phenoxy) is 1. The third kappa shape index (κ3) is 2.03. The lowest BCUT2D eigenvalue weighted by Gasteiger charge is -2.36. The summed E-state index contributed by atoms with van der Waals surface area (Å²) in [5.74, 6) is 0.972. The molecule has 108 valence electrons. The van der Waals surface area contributed by atoms with Crippen molar-refractivity contribution in [3.8, 4) is 0 Å². The fraction of sp³-hybridized carbons (Fsp3) is 0.400. The minimum absolute atomic E-state index is 0.200. The highest BCUT2D eigenvalue weighted by Crippen LogP contribution is 2.28. The molecule has 0 amide bonds. The second kappa shape index (κ2) is 4.66. The van der Waals surface area contributed by atoms with Crippen molar-refractivity contribution in [2.24, 2.45) is 0 Å². The molecule has 0 bridgehead atoms. The fourth-order valence-electron chi connectivity index (χ4n) is 3.09. The van der Waals surface area contributed by atoms with Crippen LogP contribution in [-0.4, -0.2) is 45.1 Å². The van der Waals surface area contributed by atoms with Crippen molar-refractivity contribution in [2.45, 2.75) is 26.1 Å². The molecule has 0 spiro atoms. The van der Waals surface area contributed by atoms with Gasteiger partial charge in [0, 0.05) is 23.9 Å². The summed E-state index contributed by atoms with van der Waals surface area (Å²) < 4.78 is 7.57. The van der Waals surface area contributed by atoms with Gasteiger partial charge in [0.25, 0.3) is 0 Å². The van der Waals surface area contributed by atoms with Crippen molar-refractivity contribution >= 4 is 22.2 Å². The number of benzene rings is 1. The van der Waals surface area contributed by atoms with E-state index in [1.807, 2.05) is 12.1 Å². The molecule has 6 nitrogen and oxygen atoms in total. The second-order valence-corrected chi connectivity index (χ2v) is 5.63. The first-order valence-electron chi connectivity index (χ1n) is 7.21. The summed E-state index contributed by atoms with van der Waals surface area (Å²) in [6.45, 7) is 5.88. The Morgan fingerprint density at radius 1 is 1.10 bits per heavy atom. The zero-order valence-corrected chi connectivity index (χ0v) is 12.1. The molecule has 0 aliphatic carbocycles. The molecule has 1 fully saturated rings. The minimum atomic E-state index is 0.200. The predicted molar refractivity (Wildman–Crippen MR) is 80.5 cm³/mol. The van der Waals surface area contributed by atoms with Gasteiger partial charge in [0.15, 0.2) is 11.5 Å². The van der Waals surface area contributed by atoms with Gasteiger partial charge in [-0.3, -0.25) is 0 Å². The number of nitrogens with zero attached hydrogens (tertiary/aromatic N) is 5. The van der Waals surface area contributed by atoms with E-state index in [4.69, 9.17) is 9.84 Å². The molecule has 1 aliphatic rings. The summed E-state index contributed by atoms with van der Waals surface area (Å²) in [4.78, 5) is 2.29. The Kier molecular flexibility index (Phi) is 2.78. The molecular formula is C15H17N5O. The van der Waals surface area contributed by atoms with Crippen LogP contribution in [0, 0.1) is 0 Å². The summed E-state index contributed by atoms with van der Waals surface area (Å²) in [5, 5.41) is 15.0. The summed E-state index contributed by atoms with van der Waals surface area (Å²) in [5.41, 5.74) is 0.795. The van der Waals surface area contributed by atoms with Gasteiger partial charge in [-0.1, -0.05) is 24.3 Å². The molecule has 1 aliphatic heterocycles. The Bertz CT molecular complexity index is 789. The molecule has 0 radical (unpaired) electrons. The molecule has 4 rings (SSSR count). The van der Waals surface area contributed by atoms with Crippen molar-refractivity contribution in [3.05, 3.63) is 30.6 Å². The molecule has 3 aromatic rings. The quantitative estimate of drug-likeness (QED) is 0.682. The molecule has 0 N–H and O–H groups in total. The van der Waals surface area contributed by atoms with Gasteiger partial charge in [0.2, 0.25) is 0 Å². The normalized spacial score (nSPS) is 23.0. The van der Waals surface area contributed by atoms with Crippen LogP contribution in [-0.2, 0) is 4.74 Å². The van der Waals surface area contributed by atoms with Crippen LogP contribution in [0.5, 0.6) is 0 Å². The van der Waals surface area contributed by atoms with Gasteiger partial charge in [-0.25, -0.2) is 0 Å². The predicted octanol–water partition coefficient (Wildman–Crippen LogP) is 1.89. The third-order valence-corrected chi connectivity index (χ3v) is 3.86. The number of hydrogen-bond acceptors (Lipinski definition) is 5. The van der Waals surface area contributed by atoms with E-state index >= 15 is 0 Å². The van der Waals surface area contributed by atoms with E-state index in [1.54, 1.807) is 10.8 Å². The SMILES string of the molecule is C[C@@H]1CN(c2nn3cnnc3c3ccccc23)C[C@H](C)O1. The van der Waals surface area contributed by atoms with Crippen LogP contribution < -0.4 is 4.90 Å². The average molecular weight is 283 g/mol.